The Balaban J connectivity index is 2.08. The molecule has 0 aliphatic carbocycles. The van der Waals surface area contributed by atoms with Gasteiger partial charge in [-0.2, -0.15) is 9.50 Å². The summed E-state index contributed by atoms with van der Waals surface area (Å²) < 4.78 is 2.95. The molecule has 7 nitrogen and oxygen atoms in total. The van der Waals surface area contributed by atoms with E-state index in [9.17, 15) is 9.59 Å². The van der Waals surface area contributed by atoms with Crippen LogP contribution in [0.2, 0.25) is 0 Å². The molecule has 3 aromatic rings. The molecule has 0 spiro atoms. The van der Waals surface area contributed by atoms with Crippen LogP contribution in [0.15, 0.2) is 35.1 Å². The van der Waals surface area contributed by atoms with Gasteiger partial charge in [0.1, 0.15) is 6.54 Å². The molecule has 1 amide bonds. The number of amides is 1. The number of fused-ring (bicyclic) bond motifs is 1. The fourth-order valence-electron chi connectivity index (χ4n) is 2.67. The Labute approximate surface area is 145 Å². The average molecular weight is 339 g/mol. The van der Waals surface area contributed by atoms with Gasteiger partial charge >= 0.3 is 0 Å². The largest absolute Gasteiger partial charge is 0.355 e. The minimum atomic E-state index is -0.260. The molecule has 2 aromatic heterocycles. The Morgan fingerprint density at radius 1 is 1.24 bits per heavy atom. The minimum absolute atomic E-state index is 0.0988. The maximum absolute atomic E-state index is 12.3. The molecule has 7 heteroatoms. The van der Waals surface area contributed by atoms with Gasteiger partial charge in [0.15, 0.2) is 5.82 Å². The van der Waals surface area contributed by atoms with E-state index in [0.29, 0.717) is 23.8 Å². The van der Waals surface area contributed by atoms with Crippen LogP contribution in [0, 0.1) is 13.8 Å². The van der Waals surface area contributed by atoms with Gasteiger partial charge in [-0.15, -0.1) is 5.10 Å². The predicted molar refractivity (Wildman–Crippen MR) is 95.5 cm³/mol. The molecular weight excluding hydrogens is 318 g/mol. The molecule has 2 heterocycles. The van der Waals surface area contributed by atoms with Crippen LogP contribution < -0.4 is 10.9 Å². The third-order valence-electron chi connectivity index (χ3n) is 3.95. The quantitative estimate of drug-likeness (QED) is 0.767. The molecule has 3 rings (SSSR count). The number of hydrogen-bond donors (Lipinski definition) is 1. The van der Waals surface area contributed by atoms with Crippen molar-refractivity contribution in [2.75, 3.05) is 6.54 Å². The summed E-state index contributed by atoms with van der Waals surface area (Å²) in [5, 5.41) is 7.17. The second-order valence-electron chi connectivity index (χ2n) is 6.08. The molecule has 0 saturated carbocycles. The van der Waals surface area contributed by atoms with Crippen LogP contribution in [0.25, 0.3) is 17.2 Å². The molecule has 25 heavy (non-hydrogen) atoms. The van der Waals surface area contributed by atoms with Crippen LogP contribution in [0.4, 0.5) is 0 Å². The van der Waals surface area contributed by atoms with E-state index < -0.39 is 0 Å². The molecule has 1 N–H and O–H groups in total. The zero-order valence-electron chi connectivity index (χ0n) is 14.6. The Hall–Kier alpha value is -2.96. The van der Waals surface area contributed by atoms with E-state index in [0.717, 1.165) is 17.5 Å². The van der Waals surface area contributed by atoms with Crippen LogP contribution in [0.1, 0.15) is 24.6 Å². The smallest absolute Gasteiger partial charge is 0.275 e. The molecule has 0 aliphatic heterocycles. The molecule has 130 valence electrons. The van der Waals surface area contributed by atoms with E-state index in [-0.39, 0.29) is 18.0 Å². The minimum Gasteiger partial charge on any atom is -0.355 e. The van der Waals surface area contributed by atoms with Crippen molar-refractivity contribution in [2.45, 2.75) is 33.7 Å². The summed E-state index contributed by atoms with van der Waals surface area (Å²) in [4.78, 5) is 28.9. The molecule has 0 radical (unpaired) electrons. The number of hydrogen-bond acceptors (Lipinski definition) is 4. The summed E-state index contributed by atoms with van der Waals surface area (Å²) in [6, 6.07) is 9.24. The van der Waals surface area contributed by atoms with Gasteiger partial charge in [0.25, 0.3) is 5.56 Å². The highest BCUT2D eigenvalue weighted by Gasteiger charge is 2.15. The summed E-state index contributed by atoms with van der Waals surface area (Å²) in [6.07, 6.45) is 0.868. The van der Waals surface area contributed by atoms with Crippen molar-refractivity contribution in [3.63, 3.8) is 0 Å². The second-order valence-corrected chi connectivity index (χ2v) is 6.08. The summed E-state index contributed by atoms with van der Waals surface area (Å²) in [5.41, 5.74) is 2.33. The van der Waals surface area contributed by atoms with Gasteiger partial charge in [0.05, 0.1) is 0 Å². The first-order chi connectivity index (χ1) is 12.0. The lowest BCUT2D eigenvalue weighted by molar-refractivity contribution is -0.121. The summed E-state index contributed by atoms with van der Waals surface area (Å²) in [6.45, 7) is 6.49. The maximum atomic E-state index is 12.3. The van der Waals surface area contributed by atoms with E-state index in [1.807, 2.05) is 38.1 Å². The Morgan fingerprint density at radius 3 is 2.76 bits per heavy atom. The summed E-state index contributed by atoms with van der Waals surface area (Å²) in [7, 11) is 0. The molecule has 0 saturated heterocycles. The molecule has 0 unspecified atom stereocenters. The zero-order chi connectivity index (χ0) is 18.0. The highest BCUT2D eigenvalue weighted by molar-refractivity contribution is 5.76. The van der Waals surface area contributed by atoms with Crippen molar-refractivity contribution in [3.05, 3.63) is 51.9 Å². The predicted octanol–water partition coefficient (Wildman–Crippen LogP) is 1.70. The van der Waals surface area contributed by atoms with Crippen LogP contribution in [0.3, 0.4) is 0 Å². The van der Waals surface area contributed by atoms with E-state index in [4.69, 9.17) is 0 Å². The Kier molecular flexibility index (Phi) is 4.65. The number of aromatic nitrogens is 4. The zero-order valence-corrected chi connectivity index (χ0v) is 14.6. The van der Waals surface area contributed by atoms with Gasteiger partial charge in [0, 0.05) is 23.9 Å². The van der Waals surface area contributed by atoms with Gasteiger partial charge in [-0.1, -0.05) is 30.7 Å². The average Bonchev–Trinajstić information content (AvgIpc) is 3.02. The molecule has 1 aromatic carbocycles. The molecular formula is C18H21N5O2. The van der Waals surface area contributed by atoms with Crippen LogP contribution in [0.5, 0.6) is 0 Å². The van der Waals surface area contributed by atoms with Crippen molar-refractivity contribution in [3.8, 4) is 11.4 Å². The Morgan fingerprint density at radius 2 is 2.04 bits per heavy atom. The lowest BCUT2D eigenvalue weighted by Crippen LogP contribution is -2.30. The number of carbonyl (C=O) groups is 1. The standard InChI is InChI=1S/C18H21N5O2/c1-4-8-19-15(24)11-22-13(3)10-16(25)23-18(22)20-17(21-23)14-7-5-6-12(2)9-14/h5-7,9-10H,4,8,11H2,1-3H3,(H,19,24). The van der Waals surface area contributed by atoms with Crippen LogP contribution in [-0.2, 0) is 11.3 Å². The number of benzene rings is 1. The topological polar surface area (TPSA) is 81.3 Å². The number of nitrogens with one attached hydrogen (secondary N) is 1. The highest BCUT2D eigenvalue weighted by atomic mass is 16.2. The number of carbonyl (C=O) groups excluding carboxylic acids is 1. The van der Waals surface area contributed by atoms with E-state index in [1.165, 1.54) is 10.6 Å². The summed E-state index contributed by atoms with van der Waals surface area (Å²) in [5.74, 6) is 0.720. The lowest BCUT2D eigenvalue weighted by Gasteiger charge is -2.11. The van der Waals surface area contributed by atoms with Crippen LogP contribution >= 0.6 is 0 Å². The number of nitrogens with zero attached hydrogens (tertiary/aromatic N) is 4. The van der Waals surface area contributed by atoms with Crippen molar-refractivity contribution in [1.82, 2.24) is 24.5 Å². The fourth-order valence-corrected chi connectivity index (χ4v) is 2.67. The van der Waals surface area contributed by atoms with Crippen molar-refractivity contribution in [2.24, 2.45) is 0 Å². The van der Waals surface area contributed by atoms with E-state index >= 15 is 0 Å². The second kappa shape index (κ2) is 6.88. The molecule has 0 atom stereocenters. The van der Waals surface area contributed by atoms with Crippen molar-refractivity contribution >= 4 is 11.7 Å². The monoisotopic (exact) mass is 339 g/mol. The third kappa shape index (κ3) is 3.45. The first-order valence-corrected chi connectivity index (χ1v) is 8.30. The first-order valence-electron chi connectivity index (χ1n) is 8.30. The van der Waals surface area contributed by atoms with Crippen molar-refractivity contribution in [1.29, 1.82) is 0 Å². The fraction of sp³-hybridized carbons (Fsp3) is 0.333. The van der Waals surface area contributed by atoms with Crippen molar-refractivity contribution < 1.29 is 4.79 Å². The van der Waals surface area contributed by atoms with E-state index in [1.54, 1.807) is 11.5 Å². The third-order valence-corrected chi connectivity index (χ3v) is 3.95. The molecule has 0 bridgehead atoms. The first kappa shape index (κ1) is 16.9. The maximum Gasteiger partial charge on any atom is 0.275 e. The molecule has 0 fully saturated rings. The van der Waals surface area contributed by atoms with E-state index in [2.05, 4.69) is 15.4 Å². The molecule has 0 aliphatic rings. The normalized spacial score (nSPS) is 11.0. The summed E-state index contributed by atoms with van der Waals surface area (Å²) >= 11 is 0. The van der Waals surface area contributed by atoms with Gasteiger partial charge in [-0.3, -0.25) is 9.59 Å². The van der Waals surface area contributed by atoms with Crippen LogP contribution in [-0.4, -0.2) is 31.6 Å². The van der Waals surface area contributed by atoms with Gasteiger partial charge in [-0.25, -0.2) is 0 Å². The van der Waals surface area contributed by atoms with Gasteiger partial charge < -0.3 is 9.88 Å². The highest BCUT2D eigenvalue weighted by Crippen LogP contribution is 2.17. The lowest BCUT2D eigenvalue weighted by atomic mass is 10.1. The SMILES string of the molecule is CCCNC(=O)Cn1c(C)cc(=O)n2nc(-c3cccc(C)c3)nc12. The number of rotatable bonds is 5. The Bertz CT molecular complexity index is 987. The van der Waals surface area contributed by atoms with Gasteiger partial charge in [0.2, 0.25) is 11.7 Å². The number of aryl methyl sites for hydroxylation is 2. The van der Waals surface area contributed by atoms with Gasteiger partial charge in [-0.05, 0) is 26.3 Å².